The van der Waals surface area contributed by atoms with Crippen molar-refractivity contribution in [2.75, 3.05) is 0 Å². The summed E-state index contributed by atoms with van der Waals surface area (Å²) in [7, 11) is 0. The van der Waals surface area contributed by atoms with Crippen molar-refractivity contribution in [1.29, 1.82) is 0 Å². The number of nitrogens with one attached hydrogen (secondary N) is 1. The number of carbonyl (C=O) groups excluding carboxylic acids is 1. The quantitative estimate of drug-likeness (QED) is 0.594. The molecule has 0 aliphatic carbocycles. The average molecular weight is 344 g/mol. The topological polar surface area (TPSA) is 110 Å². The number of nitrogens with two attached hydrogens (primary N) is 1. The van der Waals surface area contributed by atoms with Gasteiger partial charge in [0, 0.05) is 40.8 Å². The Balaban J connectivity index is 1.88. The molecule has 0 radical (unpaired) electrons. The first-order valence-electron chi connectivity index (χ1n) is 8.06. The summed E-state index contributed by atoms with van der Waals surface area (Å²) in [6.45, 7) is 3.84. The molecule has 7 heteroatoms. The lowest BCUT2D eigenvalue weighted by atomic mass is 9.99. The van der Waals surface area contributed by atoms with Crippen molar-refractivity contribution in [2.45, 2.75) is 13.8 Å². The van der Waals surface area contributed by atoms with Crippen LogP contribution >= 0.6 is 0 Å². The summed E-state index contributed by atoms with van der Waals surface area (Å²) >= 11 is 0. The Morgan fingerprint density at radius 3 is 2.65 bits per heavy atom. The number of rotatable bonds is 3. The van der Waals surface area contributed by atoms with Crippen LogP contribution in [-0.4, -0.2) is 31.1 Å². The molecule has 4 aromatic heterocycles. The summed E-state index contributed by atoms with van der Waals surface area (Å²) in [6, 6.07) is 5.73. The van der Waals surface area contributed by atoms with Crippen LogP contribution in [0.25, 0.3) is 33.4 Å². The molecule has 3 N–H and O–H groups in total. The van der Waals surface area contributed by atoms with E-state index in [2.05, 4.69) is 25.1 Å². The summed E-state index contributed by atoms with van der Waals surface area (Å²) in [4.78, 5) is 24.6. The van der Waals surface area contributed by atoms with Gasteiger partial charge < -0.3 is 5.73 Å². The minimum atomic E-state index is -0.491. The van der Waals surface area contributed by atoms with Gasteiger partial charge in [-0.3, -0.25) is 19.9 Å². The van der Waals surface area contributed by atoms with E-state index in [1.807, 2.05) is 32.2 Å². The first-order chi connectivity index (χ1) is 12.5. The van der Waals surface area contributed by atoms with Gasteiger partial charge in [-0.1, -0.05) is 0 Å². The van der Waals surface area contributed by atoms with Crippen LogP contribution in [0.1, 0.15) is 21.6 Å². The van der Waals surface area contributed by atoms with Gasteiger partial charge in [0.05, 0.1) is 17.5 Å². The fourth-order valence-electron chi connectivity index (χ4n) is 3.01. The Morgan fingerprint density at radius 2 is 1.88 bits per heavy atom. The minimum absolute atomic E-state index is 0.391. The fourth-order valence-corrected chi connectivity index (χ4v) is 3.01. The highest BCUT2D eigenvalue weighted by atomic mass is 16.1. The van der Waals surface area contributed by atoms with E-state index in [1.54, 1.807) is 18.5 Å². The minimum Gasteiger partial charge on any atom is -0.366 e. The van der Waals surface area contributed by atoms with E-state index in [0.717, 1.165) is 44.7 Å². The third-order valence-corrected chi connectivity index (χ3v) is 4.37. The molecule has 0 bridgehead atoms. The zero-order chi connectivity index (χ0) is 18.3. The number of aromatic nitrogens is 5. The number of hydrogen-bond acceptors (Lipinski definition) is 5. The summed E-state index contributed by atoms with van der Waals surface area (Å²) in [6.07, 6.45) is 6.81. The van der Waals surface area contributed by atoms with Gasteiger partial charge in [-0.15, -0.1) is 0 Å². The molecule has 1 amide bonds. The van der Waals surface area contributed by atoms with Crippen LogP contribution in [0.3, 0.4) is 0 Å². The molecule has 0 aliphatic rings. The molecule has 4 rings (SSSR count). The summed E-state index contributed by atoms with van der Waals surface area (Å²) in [5.74, 6) is -0.491. The van der Waals surface area contributed by atoms with Gasteiger partial charge >= 0.3 is 0 Å². The Morgan fingerprint density at radius 1 is 1.04 bits per heavy atom. The van der Waals surface area contributed by atoms with E-state index in [-0.39, 0.29) is 0 Å². The number of hydrogen-bond donors (Lipinski definition) is 2. The van der Waals surface area contributed by atoms with Crippen molar-refractivity contribution in [3.63, 3.8) is 0 Å². The highest BCUT2D eigenvalue weighted by molar-refractivity contribution is 5.94. The van der Waals surface area contributed by atoms with Crippen molar-refractivity contribution >= 4 is 16.9 Å². The maximum Gasteiger partial charge on any atom is 0.250 e. The molecule has 7 nitrogen and oxygen atoms in total. The number of primary amides is 1. The number of aryl methyl sites for hydroxylation is 2. The fraction of sp³-hybridized carbons (Fsp3) is 0.105. The molecule has 0 atom stereocenters. The first-order valence-corrected chi connectivity index (χ1v) is 8.06. The smallest absolute Gasteiger partial charge is 0.250 e. The molecular formula is C19H16N6O. The molecule has 128 valence electrons. The zero-order valence-electron chi connectivity index (χ0n) is 14.3. The predicted molar refractivity (Wildman–Crippen MR) is 98.3 cm³/mol. The molecule has 26 heavy (non-hydrogen) atoms. The van der Waals surface area contributed by atoms with Gasteiger partial charge in [0.15, 0.2) is 5.65 Å². The number of pyridine rings is 3. The number of H-pyrrole nitrogens is 1. The van der Waals surface area contributed by atoms with E-state index in [9.17, 15) is 4.79 Å². The lowest BCUT2D eigenvalue weighted by Gasteiger charge is -2.11. The van der Waals surface area contributed by atoms with Crippen molar-refractivity contribution in [3.8, 4) is 22.4 Å². The van der Waals surface area contributed by atoms with E-state index < -0.39 is 5.91 Å². The van der Waals surface area contributed by atoms with Crippen molar-refractivity contribution in [1.82, 2.24) is 25.1 Å². The second-order valence-corrected chi connectivity index (χ2v) is 6.10. The Hall–Kier alpha value is -3.61. The Kier molecular flexibility index (Phi) is 3.69. The highest BCUT2D eigenvalue weighted by Gasteiger charge is 2.14. The monoisotopic (exact) mass is 344 g/mol. The lowest BCUT2D eigenvalue weighted by Crippen LogP contribution is -2.11. The molecule has 0 saturated heterocycles. The van der Waals surface area contributed by atoms with Gasteiger partial charge in [0.2, 0.25) is 5.91 Å². The lowest BCUT2D eigenvalue weighted by molar-refractivity contribution is 0.1000. The summed E-state index contributed by atoms with van der Waals surface area (Å²) in [5.41, 5.74) is 11.8. The maximum atomic E-state index is 11.4. The van der Waals surface area contributed by atoms with Gasteiger partial charge in [0.1, 0.15) is 0 Å². The molecule has 4 aromatic rings. The second-order valence-electron chi connectivity index (χ2n) is 6.10. The third-order valence-electron chi connectivity index (χ3n) is 4.37. The first kappa shape index (κ1) is 15.9. The molecule has 0 saturated carbocycles. The molecule has 0 aliphatic heterocycles. The van der Waals surface area contributed by atoms with Crippen LogP contribution in [0.15, 0.2) is 43.0 Å². The van der Waals surface area contributed by atoms with Crippen LogP contribution in [0, 0.1) is 13.8 Å². The second kappa shape index (κ2) is 6.03. The third kappa shape index (κ3) is 2.59. The molecule has 0 unspecified atom stereocenters. The maximum absolute atomic E-state index is 11.4. The summed E-state index contributed by atoms with van der Waals surface area (Å²) < 4.78 is 0. The van der Waals surface area contributed by atoms with Gasteiger partial charge in [0.25, 0.3) is 0 Å². The van der Waals surface area contributed by atoms with Crippen LogP contribution in [0.2, 0.25) is 0 Å². The highest BCUT2D eigenvalue weighted by Crippen LogP contribution is 2.31. The van der Waals surface area contributed by atoms with E-state index in [0.29, 0.717) is 5.56 Å². The van der Waals surface area contributed by atoms with Crippen LogP contribution in [0.5, 0.6) is 0 Å². The van der Waals surface area contributed by atoms with E-state index in [1.165, 1.54) is 6.20 Å². The van der Waals surface area contributed by atoms with Gasteiger partial charge in [-0.2, -0.15) is 5.10 Å². The standard InChI is InChI=1S/C19H16N6O/c1-10-5-13(18(20)26)8-23-17(10)15-6-12(7-22-11(15)2)14-3-4-21-19-16(14)9-24-25-19/h3-9H,1-2H3,(H2,20,26)(H,21,24,25). The molecule has 4 heterocycles. The number of fused-ring (bicyclic) bond motifs is 1. The molecule has 0 spiro atoms. The van der Waals surface area contributed by atoms with E-state index in [4.69, 9.17) is 5.73 Å². The van der Waals surface area contributed by atoms with Crippen molar-refractivity contribution < 1.29 is 4.79 Å². The van der Waals surface area contributed by atoms with E-state index >= 15 is 0 Å². The van der Waals surface area contributed by atoms with Gasteiger partial charge in [-0.25, -0.2) is 4.98 Å². The SMILES string of the molecule is Cc1cc(C(N)=O)cnc1-c1cc(-c2ccnc3[nH]ncc23)cnc1C. The number of amides is 1. The molecule has 0 fully saturated rings. The van der Waals surface area contributed by atoms with Gasteiger partial charge in [-0.05, 0) is 43.2 Å². The van der Waals surface area contributed by atoms with Crippen molar-refractivity contribution in [3.05, 3.63) is 59.8 Å². The predicted octanol–water partition coefficient (Wildman–Crippen LogP) is 2.80. The number of nitrogens with zero attached hydrogens (tertiary/aromatic N) is 4. The summed E-state index contributed by atoms with van der Waals surface area (Å²) in [5, 5.41) is 7.87. The number of carbonyl (C=O) groups is 1. The van der Waals surface area contributed by atoms with Crippen molar-refractivity contribution in [2.24, 2.45) is 5.73 Å². The van der Waals surface area contributed by atoms with Crippen LogP contribution in [0.4, 0.5) is 0 Å². The number of aromatic amines is 1. The Labute approximate surface area is 149 Å². The largest absolute Gasteiger partial charge is 0.366 e. The molecular weight excluding hydrogens is 328 g/mol. The zero-order valence-corrected chi connectivity index (χ0v) is 14.3. The average Bonchev–Trinajstić information content (AvgIpc) is 3.11. The van der Waals surface area contributed by atoms with Crippen LogP contribution < -0.4 is 5.73 Å². The normalized spacial score (nSPS) is 11.0. The van der Waals surface area contributed by atoms with Crippen LogP contribution in [-0.2, 0) is 0 Å². The Bertz CT molecular complexity index is 1150. The molecule has 0 aromatic carbocycles.